The van der Waals surface area contributed by atoms with Crippen molar-refractivity contribution in [1.29, 1.82) is 0 Å². The van der Waals surface area contributed by atoms with Crippen LogP contribution in [0.15, 0.2) is 30.3 Å². The van der Waals surface area contributed by atoms with Crippen LogP contribution in [0.5, 0.6) is 0 Å². The van der Waals surface area contributed by atoms with Crippen LogP contribution in [0.25, 0.3) is 0 Å². The Bertz CT molecular complexity index is 408. The highest BCUT2D eigenvalue weighted by molar-refractivity contribution is 5.82. The largest absolute Gasteiger partial charge is 0.394 e. The molecule has 0 saturated carbocycles. The Hall–Kier alpha value is -1.39. The number of rotatable bonds is 5. The highest BCUT2D eigenvalue weighted by atomic mass is 16.3. The van der Waals surface area contributed by atoms with Crippen molar-refractivity contribution in [3.8, 4) is 0 Å². The zero-order valence-electron chi connectivity index (χ0n) is 11.2. The predicted molar refractivity (Wildman–Crippen MR) is 74.6 cm³/mol. The summed E-state index contributed by atoms with van der Waals surface area (Å²) in [5.74, 6) is -0.0209. The molecule has 1 heterocycles. The number of likely N-dealkylation sites (tertiary alicyclic amines) is 1. The molecule has 0 aliphatic carbocycles. The van der Waals surface area contributed by atoms with Crippen molar-refractivity contribution in [2.75, 3.05) is 13.2 Å². The molecule has 1 aliphatic heterocycles. The maximum absolute atomic E-state index is 12.2. The molecule has 0 aromatic heterocycles. The SMILES string of the molecule is NC(CCc1ccccc1)C(=O)N1CCC[C@H]1CO. The molecule has 1 aromatic rings. The minimum Gasteiger partial charge on any atom is -0.394 e. The van der Waals surface area contributed by atoms with E-state index in [1.54, 1.807) is 4.90 Å². The number of aryl methyl sites for hydroxylation is 1. The number of hydrogen-bond donors (Lipinski definition) is 2. The quantitative estimate of drug-likeness (QED) is 0.829. The van der Waals surface area contributed by atoms with Gasteiger partial charge in [0.05, 0.1) is 18.7 Å². The third kappa shape index (κ3) is 3.55. The Balaban J connectivity index is 1.85. The summed E-state index contributed by atoms with van der Waals surface area (Å²) in [5, 5.41) is 9.24. The van der Waals surface area contributed by atoms with Gasteiger partial charge in [0.25, 0.3) is 0 Å². The fraction of sp³-hybridized carbons (Fsp3) is 0.533. The smallest absolute Gasteiger partial charge is 0.239 e. The number of carbonyl (C=O) groups excluding carboxylic acids is 1. The van der Waals surface area contributed by atoms with Gasteiger partial charge in [-0.15, -0.1) is 0 Å². The first-order chi connectivity index (χ1) is 9.22. The van der Waals surface area contributed by atoms with Crippen LogP contribution >= 0.6 is 0 Å². The summed E-state index contributed by atoms with van der Waals surface area (Å²) in [6, 6.07) is 9.55. The van der Waals surface area contributed by atoms with Crippen LogP contribution in [-0.4, -0.2) is 41.1 Å². The molecule has 4 nitrogen and oxygen atoms in total. The van der Waals surface area contributed by atoms with Crippen LogP contribution in [0.3, 0.4) is 0 Å². The van der Waals surface area contributed by atoms with Gasteiger partial charge in [0.1, 0.15) is 0 Å². The molecule has 3 N–H and O–H groups in total. The third-order valence-corrected chi connectivity index (χ3v) is 3.78. The van der Waals surface area contributed by atoms with Gasteiger partial charge in [0.2, 0.25) is 5.91 Å². The molecule has 104 valence electrons. The van der Waals surface area contributed by atoms with Crippen molar-refractivity contribution in [3.63, 3.8) is 0 Å². The molecule has 1 fully saturated rings. The van der Waals surface area contributed by atoms with Crippen molar-refractivity contribution in [3.05, 3.63) is 35.9 Å². The first-order valence-corrected chi connectivity index (χ1v) is 6.93. The van der Waals surface area contributed by atoms with Crippen LogP contribution in [0, 0.1) is 0 Å². The van der Waals surface area contributed by atoms with Gasteiger partial charge in [0.15, 0.2) is 0 Å². The van der Waals surface area contributed by atoms with Gasteiger partial charge in [-0.3, -0.25) is 4.79 Å². The maximum atomic E-state index is 12.2. The van der Waals surface area contributed by atoms with E-state index in [9.17, 15) is 9.90 Å². The van der Waals surface area contributed by atoms with Crippen LogP contribution in [-0.2, 0) is 11.2 Å². The van der Waals surface area contributed by atoms with E-state index in [1.807, 2.05) is 30.3 Å². The van der Waals surface area contributed by atoms with E-state index in [0.717, 1.165) is 25.8 Å². The summed E-state index contributed by atoms with van der Waals surface area (Å²) in [6.45, 7) is 0.764. The van der Waals surface area contributed by atoms with Gasteiger partial charge in [0, 0.05) is 6.54 Å². The standard InChI is InChI=1S/C15H22N2O2/c16-14(9-8-12-5-2-1-3-6-12)15(19)17-10-4-7-13(17)11-18/h1-3,5-6,13-14,18H,4,7-11,16H2/t13-,14?/m0/s1. The molecule has 1 saturated heterocycles. The van der Waals surface area contributed by atoms with E-state index in [2.05, 4.69) is 0 Å². The van der Waals surface area contributed by atoms with Gasteiger partial charge in [-0.25, -0.2) is 0 Å². The lowest BCUT2D eigenvalue weighted by Crippen LogP contribution is -2.47. The number of nitrogens with zero attached hydrogens (tertiary/aromatic N) is 1. The number of benzene rings is 1. The lowest BCUT2D eigenvalue weighted by atomic mass is 10.0. The fourth-order valence-electron chi connectivity index (χ4n) is 2.62. The van der Waals surface area contributed by atoms with Crippen molar-refractivity contribution < 1.29 is 9.90 Å². The topological polar surface area (TPSA) is 66.6 Å². The van der Waals surface area contributed by atoms with Gasteiger partial charge in [-0.1, -0.05) is 30.3 Å². The molecule has 2 rings (SSSR count). The van der Waals surface area contributed by atoms with E-state index in [1.165, 1.54) is 5.56 Å². The molecule has 0 bridgehead atoms. The minimum atomic E-state index is -0.465. The Morgan fingerprint density at radius 1 is 1.42 bits per heavy atom. The first kappa shape index (κ1) is 14.0. The number of hydrogen-bond acceptors (Lipinski definition) is 3. The van der Waals surface area contributed by atoms with Gasteiger partial charge in [-0.05, 0) is 31.2 Å². The molecule has 1 unspecified atom stereocenters. The second kappa shape index (κ2) is 6.68. The highest BCUT2D eigenvalue weighted by Crippen LogP contribution is 2.18. The summed E-state index contributed by atoms with van der Waals surface area (Å²) in [5.41, 5.74) is 7.19. The number of nitrogens with two attached hydrogens (primary N) is 1. The Morgan fingerprint density at radius 2 is 2.16 bits per heavy atom. The number of aliphatic hydroxyl groups excluding tert-OH is 1. The molecular formula is C15H22N2O2. The van der Waals surface area contributed by atoms with E-state index in [-0.39, 0.29) is 18.6 Å². The summed E-state index contributed by atoms with van der Waals surface area (Å²) < 4.78 is 0. The van der Waals surface area contributed by atoms with Crippen molar-refractivity contribution in [2.24, 2.45) is 5.73 Å². The van der Waals surface area contributed by atoms with Crippen molar-refractivity contribution >= 4 is 5.91 Å². The van der Waals surface area contributed by atoms with E-state index >= 15 is 0 Å². The molecule has 1 aliphatic rings. The number of aliphatic hydroxyl groups is 1. The molecule has 1 aromatic carbocycles. The van der Waals surface area contributed by atoms with E-state index in [0.29, 0.717) is 6.42 Å². The van der Waals surface area contributed by atoms with E-state index in [4.69, 9.17) is 5.73 Å². The van der Waals surface area contributed by atoms with Crippen LogP contribution in [0.4, 0.5) is 0 Å². The summed E-state index contributed by atoms with van der Waals surface area (Å²) in [6.07, 6.45) is 3.30. The van der Waals surface area contributed by atoms with Gasteiger partial charge < -0.3 is 15.7 Å². The first-order valence-electron chi connectivity index (χ1n) is 6.93. The molecule has 2 atom stereocenters. The summed E-state index contributed by atoms with van der Waals surface area (Å²) >= 11 is 0. The third-order valence-electron chi connectivity index (χ3n) is 3.78. The fourth-order valence-corrected chi connectivity index (χ4v) is 2.62. The molecule has 19 heavy (non-hydrogen) atoms. The zero-order valence-corrected chi connectivity index (χ0v) is 11.2. The molecule has 0 spiro atoms. The normalized spacial score (nSPS) is 20.5. The second-order valence-corrected chi connectivity index (χ2v) is 5.14. The highest BCUT2D eigenvalue weighted by Gasteiger charge is 2.30. The van der Waals surface area contributed by atoms with Crippen LogP contribution < -0.4 is 5.73 Å². The Kier molecular flexibility index (Phi) is 4.93. The minimum absolute atomic E-state index is 0.0209. The Labute approximate surface area is 114 Å². The number of amides is 1. The van der Waals surface area contributed by atoms with Crippen molar-refractivity contribution in [2.45, 2.75) is 37.8 Å². The molecule has 0 radical (unpaired) electrons. The monoisotopic (exact) mass is 262 g/mol. The lowest BCUT2D eigenvalue weighted by molar-refractivity contribution is -0.134. The lowest BCUT2D eigenvalue weighted by Gasteiger charge is -2.26. The summed E-state index contributed by atoms with van der Waals surface area (Å²) in [4.78, 5) is 14.0. The van der Waals surface area contributed by atoms with Crippen molar-refractivity contribution in [1.82, 2.24) is 4.90 Å². The van der Waals surface area contributed by atoms with E-state index < -0.39 is 6.04 Å². The van der Waals surface area contributed by atoms with Crippen LogP contribution in [0.1, 0.15) is 24.8 Å². The maximum Gasteiger partial charge on any atom is 0.239 e. The average Bonchev–Trinajstić information content (AvgIpc) is 2.93. The zero-order chi connectivity index (χ0) is 13.7. The Morgan fingerprint density at radius 3 is 2.84 bits per heavy atom. The molecule has 1 amide bonds. The predicted octanol–water partition coefficient (Wildman–Crippen LogP) is 0.930. The summed E-state index contributed by atoms with van der Waals surface area (Å²) in [7, 11) is 0. The molecule has 4 heteroatoms. The van der Waals surface area contributed by atoms with Gasteiger partial charge >= 0.3 is 0 Å². The second-order valence-electron chi connectivity index (χ2n) is 5.14. The molecular weight excluding hydrogens is 240 g/mol. The van der Waals surface area contributed by atoms with Gasteiger partial charge in [-0.2, -0.15) is 0 Å². The average molecular weight is 262 g/mol. The number of carbonyl (C=O) groups is 1. The van der Waals surface area contributed by atoms with Crippen LogP contribution in [0.2, 0.25) is 0 Å².